The number of hydrogen-bond acceptors (Lipinski definition) is 5. The first-order valence-electron chi connectivity index (χ1n) is 10.1. The normalized spacial score (nSPS) is 16.5. The van der Waals surface area contributed by atoms with E-state index >= 15 is 0 Å². The Morgan fingerprint density at radius 1 is 1.13 bits per heavy atom. The Morgan fingerprint density at radius 2 is 1.90 bits per heavy atom. The molecule has 1 aliphatic rings. The molecule has 3 heterocycles. The average molecular weight is 460 g/mol. The molecule has 3 aromatic rings. The maximum atomic E-state index is 12.8. The van der Waals surface area contributed by atoms with Crippen LogP contribution in [-0.4, -0.2) is 48.9 Å². The van der Waals surface area contributed by atoms with Crippen LogP contribution in [-0.2, 0) is 0 Å². The second-order valence-corrected chi connectivity index (χ2v) is 10.4. The molecule has 1 saturated heterocycles. The van der Waals surface area contributed by atoms with E-state index < -0.39 is 0 Å². The molecule has 1 unspecified atom stereocenters. The molecule has 1 atom stereocenters. The first-order chi connectivity index (χ1) is 14.4. The molecule has 0 saturated carbocycles. The van der Waals surface area contributed by atoms with Crippen LogP contribution in [0.3, 0.4) is 0 Å². The summed E-state index contributed by atoms with van der Waals surface area (Å²) < 4.78 is 0. The van der Waals surface area contributed by atoms with E-state index in [1.54, 1.807) is 11.3 Å². The van der Waals surface area contributed by atoms with Crippen LogP contribution in [0.2, 0.25) is 5.02 Å². The Bertz CT molecular complexity index is 1020. The van der Waals surface area contributed by atoms with E-state index in [0.717, 1.165) is 41.1 Å². The monoisotopic (exact) mass is 459 g/mol. The van der Waals surface area contributed by atoms with Crippen LogP contribution < -0.4 is 5.32 Å². The lowest BCUT2D eigenvalue weighted by atomic mass is 9.94. The van der Waals surface area contributed by atoms with Gasteiger partial charge in [-0.15, -0.1) is 22.7 Å². The summed E-state index contributed by atoms with van der Waals surface area (Å²) in [6, 6.07) is 12.0. The van der Waals surface area contributed by atoms with Gasteiger partial charge in [0, 0.05) is 41.6 Å². The number of nitrogens with one attached hydrogen (secondary N) is 1. The van der Waals surface area contributed by atoms with Crippen molar-refractivity contribution in [1.29, 1.82) is 0 Å². The highest BCUT2D eigenvalue weighted by Gasteiger charge is 2.31. The molecular weight excluding hydrogens is 434 g/mol. The van der Waals surface area contributed by atoms with Gasteiger partial charge in [-0.25, -0.2) is 0 Å². The van der Waals surface area contributed by atoms with E-state index in [4.69, 9.17) is 11.6 Å². The van der Waals surface area contributed by atoms with Gasteiger partial charge in [-0.1, -0.05) is 29.8 Å². The largest absolute Gasteiger partial charge is 0.313 e. The molecule has 7 heteroatoms. The van der Waals surface area contributed by atoms with Gasteiger partial charge in [-0.2, -0.15) is 0 Å². The molecule has 0 aliphatic carbocycles. The molecule has 1 aromatic carbocycles. The molecule has 0 spiro atoms. The fourth-order valence-electron chi connectivity index (χ4n) is 3.96. The molecule has 1 aliphatic heterocycles. The van der Waals surface area contributed by atoms with Gasteiger partial charge in [0.15, 0.2) is 0 Å². The Morgan fingerprint density at radius 3 is 2.57 bits per heavy atom. The van der Waals surface area contributed by atoms with E-state index in [1.807, 2.05) is 29.6 Å². The number of likely N-dealkylation sites (N-methyl/N-ethyl adjacent to an activating group) is 1. The lowest BCUT2D eigenvalue weighted by molar-refractivity contribution is 0.103. The molecule has 1 amide bonds. The van der Waals surface area contributed by atoms with Gasteiger partial charge < -0.3 is 10.2 Å². The third-order valence-corrected chi connectivity index (χ3v) is 7.99. The van der Waals surface area contributed by atoms with Gasteiger partial charge in [-0.05, 0) is 55.6 Å². The number of carbonyl (C=O) groups is 1. The Kier molecular flexibility index (Phi) is 6.60. The highest BCUT2D eigenvalue weighted by molar-refractivity contribution is 7.17. The smallest absolute Gasteiger partial charge is 0.266 e. The lowest BCUT2D eigenvalue weighted by Gasteiger charge is -2.39. The van der Waals surface area contributed by atoms with E-state index in [9.17, 15) is 4.79 Å². The number of hydrogen-bond donors (Lipinski definition) is 1. The van der Waals surface area contributed by atoms with E-state index in [2.05, 4.69) is 48.1 Å². The molecule has 30 heavy (non-hydrogen) atoms. The van der Waals surface area contributed by atoms with Crippen molar-refractivity contribution in [2.24, 2.45) is 0 Å². The van der Waals surface area contributed by atoms with Crippen molar-refractivity contribution in [3.63, 3.8) is 0 Å². The lowest BCUT2D eigenvalue weighted by Crippen LogP contribution is -2.46. The molecule has 4 rings (SSSR count). The van der Waals surface area contributed by atoms with Gasteiger partial charge in [0.05, 0.1) is 10.9 Å². The number of rotatable bonds is 5. The summed E-state index contributed by atoms with van der Waals surface area (Å²) in [5, 5.41) is 6.81. The maximum absolute atomic E-state index is 12.8. The molecule has 0 bridgehead atoms. The van der Waals surface area contributed by atoms with Crippen LogP contribution >= 0.6 is 34.3 Å². The van der Waals surface area contributed by atoms with Gasteiger partial charge in [0.25, 0.3) is 5.91 Å². The fourth-order valence-corrected chi connectivity index (χ4v) is 5.86. The van der Waals surface area contributed by atoms with Gasteiger partial charge in [-0.3, -0.25) is 9.69 Å². The summed E-state index contributed by atoms with van der Waals surface area (Å²) in [6.45, 7) is 8.28. The van der Waals surface area contributed by atoms with Gasteiger partial charge in [0.1, 0.15) is 5.00 Å². The minimum absolute atomic E-state index is 0.0456. The molecule has 1 N–H and O–H groups in total. The summed E-state index contributed by atoms with van der Waals surface area (Å²) in [5.41, 5.74) is 3.60. The predicted molar refractivity (Wildman–Crippen MR) is 128 cm³/mol. The first kappa shape index (κ1) is 21.5. The van der Waals surface area contributed by atoms with Crippen molar-refractivity contribution in [2.75, 3.05) is 38.5 Å². The third kappa shape index (κ3) is 4.48. The molecule has 0 radical (unpaired) electrons. The van der Waals surface area contributed by atoms with Crippen LogP contribution in [0.4, 0.5) is 5.00 Å². The van der Waals surface area contributed by atoms with Crippen molar-refractivity contribution < 1.29 is 4.79 Å². The Balaban J connectivity index is 1.77. The molecular formula is C23H26ClN3OS2. The van der Waals surface area contributed by atoms with Crippen LogP contribution in [0.5, 0.6) is 0 Å². The topological polar surface area (TPSA) is 35.6 Å². The van der Waals surface area contributed by atoms with Crippen molar-refractivity contribution >= 4 is 45.2 Å². The summed E-state index contributed by atoms with van der Waals surface area (Å²) in [7, 11) is 2.17. The number of nitrogens with zero attached hydrogens (tertiary/aromatic N) is 2. The van der Waals surface area contributed by atoms with Crippen LogP contribution in [0, 0.1) is 13.8 Å². The standard InChI is InChI=1S/C23H26ClN3OS2/c1-15-16(2)30-23(25-22(28)19-8-5-13-29-19)20(15)21(17-6-4-7-18(24)14-17)27-11-9-26(3)10-12-27/h4-8,13-14,21H,9-12H2,1-3H3,(H,25,28). The number of halogens is 1. The minimum atomic E-state index is -0.0456. The molecule has 4 nitrogen and oxygen atoms in total. The summed E-state index contributed by atoms with van der Waals surface area (Å²) in [4.78, 5) is 19.7. The predicted octanol–water partition coefficient (Wildman–Crippen LogP) is 5.67. The highest BCUT2D eigenvalue weighted by Crippen LogP contribution is 2.43. The van der Waals surface area contributed by atoms with Crippen molar-refractivity contribution in [3.8, 4) is 0 Å². The minimum Gasteiger partial charge on any atom is -0.313 e. The molecule has 158 valence electrons. The summed E-state index contributed by atoms with van der Waals surface area (Å²) >= 11 is 9.50. The van der Waals surface area contributed by atoms with Gasteiger partial charge >= 0.3 is 0 Å². The maximum Gasteiger partial charge on any atom is 0.266 e. The first-order valence-corrected chi connectivity index (χ1v) is 12.1. The van der Waals surface area contributed by atoms with Crippen LogP contribution in [0.15, 0.2) is 41.8 Å². The SMILES string of the molecule is Cc1sc(NC(=O)c2cccs2)c(C(c2cccc(Cl)c2)N2CCN(C)CC2)c1C. The number of thiophene rings is 2. The van der Waals surface area contributed by atoms with E-state index in [-0.39, 0.29) is 11.9 Å². The zero-order valence-corrected chi connectivity index (χ0v) is 19.8. The summed E-state index contributed by atoms with van der Waals surface area (Å²) in [5.74, 6) is -0.0456. The quantitative estimate of drug-likeness (QED) is 0.534. The van der Waals surface area contributed by atoms with E-state index in [1.165, 1.54) is 32.9 Å². The number of carbonyl (C=O) groups excluding carboxylic acids is 1. The highest BCUT2D eigenvalue weighted by atomic mass is 35.5. The molecule has 1 fully saturated rings. The number of piperazine rings is 1. The zero-order chi connectivity index (χ0) is 21.3. The average Bonchev–Trinajstić information content (AvgIpc) is 3.35. The number of anilines is 1. The zero-order valence-electron chi connectivity index (χ0n) is 17.4. The Labute approximate surface area is 191 Å². The third-order valence-electron chi connectivity index (χ3n) is 5.74. The second-order valence-electron chi connectivity index (χ2n) is 7.75. The second kappa shape index (κ2) is 9.20. The Hall–Kier alpha value is -1.70. The summed E-state index contributed by atoms with van der Waals surface area (Å²) in [6.07, 6.45) is 0. The molecule has 2 aromatic heterocycles. The van der Waals surface area contributed by atoms with Gasteiger partial charge in [0.2, 0.25) is 0 Å². The number of amides is 1. The number of benzene rings is 1. The van der Waals surface area contributed by atoms with Crippen molar-refractivity contribution in [3.05, 3.63) is 73.2 Å². The van der Waals surface area contributed by atoms with Crippen molar-refractivity contribution in [2.45, 2.75) is 19.9 Å². The van der Waals surface area contributed by atoms with Crippen LogP contribution in [0.25, 0.3) is 0 Å². The number of aryl methyl sites for hydroxylation is 1. The van der Waals surface area contributed by atoms with E-state index in [0.29, 0.717) is 0 Å². The fraction of sp³-hybridized carbons (Fsp3) is 0.348. The van der Waals surface area contributed by atoms with Crippen LogP contribution in [0.1, 0.15) is 37.3 Å². The van der Waals surface area contributed by atoms with Crippen molar-refractivity contribution in [1.82, 2.24) is 9.80 Å².